The fraction of sp³-hybridized carbons (Fsp3) is 0.286. The largest absolute Gasteiger partial charge is 0.346 e. The zero-order valence-electron chi connectivity index (χ0n) is 7.96. The maximum Gasteiger partial charge on any atom is 0.346 e. The molecule has 0 fully saturated rings. The Kier molecular flexibility index (Phi) is 3.82. The summed E-state index contributed by atoms with van der Waals surface area (Å²) in [6.07, 6.45) is 2.22. The van der Waals surface area contributed by atoms with Crippen molar-refractivity contribution in [1.29, 1.82) is 0 Å². The van der Waals surface area contributed by atoms with Crippen LogP contribution in [0.2, 0.25) is 0 Å². The Morgan fingerprint density at radius 3 is 2.44 bits per heavy atom. The average Bonchev–Trinajstić information content (AvgIpc) is 2.12. The summed E-state index contributed by atoms with van der Waals surface area (Å²) in [5.41, 5.74) is 0.313. The molecule has 0 saturated carbocycles. The van der Waals surface area contributed by atoms with E-state index in [9.17, 15) is 13.0 Å². The summed E-state index contributed by atoms with van der Waals surface area (Å²) in [4.78, 5) is 19.2. The third-order valence-electron chi connectivity index (χ3n) is 1.85. The van der Waals surface area contributed by atoms with Crippen LogP contribution in [0.25, 0.3) is 0 Å². The van der Waals surface area contributed by atoms with Gasteiger partial charge >= 0.3 is 7.60 Å². The van der Waals surface area contributed by atoms with E-state index in [1.54, 1.807) is 0 Å². The van der Waals surface area contributed by atoms with E-state index in [-0.39, 0.29) is 0 Å². The van der Waals surface area contributed by atoms with Crippen LogP contribution in [0.5, 0.6) is 0 Å². The van der Waals surface area contributed by atoms with Gasteiger partial charge in [0.1, 0.15) is 0 Å². The van der Waals surface area contributed by atoms with Crippen LogP contribution in [0.3, 0.4) is 0 Å². The van der Waals surface area contributed by atoms with Gasteiger partial charge in [-0.05, 0) is 11.6 Å². The number of aromatic nitrogens is 1. The van der Waals surface area contributed by atoms with Crippen LogP contribution in [0.4, 0.5) is 0 Å². The van der Waals surface area contributed by atoms with Crippen LogP contribution in [0.15, 0.2) is 24.5 Å². The van der Waals surface area contributed by atoms with Crippen LogP contribution >= 0.6 is 7.60 Å². The van der Waals surface area contributed by atoms with Gasteiger partial charge in [0.05, 0.1) is 0 Å². The molecular weight excluding hydrogens is 257 g/mol. The van der Waals surface area contributed by atoms with E-state index in [1.165, 1.54) is 24.5 Å². The molecule has 1 aromatic heterocycles. The number of hydrogen-bond donors (Lipinski definition) is 3. The minimum atomic E-state index is -4.93. The third kappa shape index (κ3) is 3.66. The lowest BCUT2D eigenvalue weighted by Gasteiger charge is -2.14. The van der Waals surface area contributed by atoms with Gasteiger partial charge in [-0.2, -0.15) is 8.42 Å². The zero-order valence-corrected chi connectivity index (χ0v) is 9.67. The molecule has 1 unspecified atom stereocenters. The van der Waals surface area contributed by atoms with Crippen molar-refractivity contribution in [1.82, 2.24) is 4.98 Å². The first-order valence-corrected chi connectivity index (χ1v) is 7.30. The van der Waals surface area contributed by atoms with Crippen LogP contribution in [0, 0.1) is 0 Å². The Balaban J connectivity index is 3.03. The molecule has 0 radical (unpaired) electrons. The molecule has 0 amide bonds. The highest BCUT2D eigenvalue weighted by molar-refractivity contribution is 7.93. The van der Waals surface area contributed by atoms with Crippen molar-refractivity contribution in [3.63, 3.8) is 0 Å². The summed E-state index contributed by atoms with van der Waals surface area (Å²) in [7, 11) is -9.74. The van der Waals surface area contributed by atoms with Gasteiger partial charge in [-0.3, -0.25) is 14.1 Å². The van der Waals surface area contributed by atoms with Gasteiger partial charge in [-0.15, -0.1) is 0 Å². The molecule has 0 aromatic carbocycles. The summed E-state index contributed by atoms with van der Waals surface area (Å²) in [6, 6.07) is 2.96. The van der Waals surface area contributed by atoms with Gasteiger partial charge in [0.2, 0.25) is 0 Å². The number of hydrogen-bond acceptors (Lipinski definition) is 4. The molecule has 1 aromatic rings. The summed E-state index contributed by atoms with van der Waals surface area (Å²) in [5.74, 6) is 0. The number of pyridine rings is 1. The van der Waals surface area contributed by atoms with E-state index >= 15 is 0 Å². The van der Waals surface area contributed by atoms with Crippen molar-refractivity contribution in [2.24, 2.45) is 0 Å². The molecule has 0 spiro atoms. The highest BCUT2D eigenvalue weighted by atomic mass is 32.2. The van der Waals surface area contributed by atoms with Gasteiger partial charge in [0, 0.05) is 18.8 Å². The molecule has 1 atom stereocenters. The Labute approximate surface area is 92.1 Å². The summed E-state index contributed by atoms with van der Waals surface area (Å²) < 4.78 is 41.3. The Bertz CT molecular complexity index is 495. The van der Waals surface area contributed by atoms with Crippen molar-refractivity contribution >= 4 is 17.7 Å². The van der Waals surface area contributed by atoms with Crippen LogP contribution < -0.4 is 0 Å². The number of rotatable bonds is 4. The first-order chi connectivity index (χ1) is 7.21. The van der Waals surface area contributed by atoms with Gasteiger partial charge in [-0.25, -0.2) is 0 Å². The van der Waals surface area contributed by atoms with Crippen LogP contribution in [-0.4, -0.2) is 32.7 Å². The molecule has 0 aliphatic carbocycles. The van der Waals surface area contributed by atoms with Crippen molar-refractivity contribution < 1.29 is 27.3 Å². The monoisotopic (exact) mass is 267 g/mol. The first-order valence-electron chi connectivity index (χ1n) is 4.11. The predicted molar refractivity (Wildman–Crippen MR) is 55.3 cm³/mol. The minimum absolute atomic E-state index is 0.313. The topological polar surface area (TPSA) is 125 Å². The molecule has 9 heteroatoms. The van der Waals surface area contributed by atoms with Gasteiger partial charge in [-0.1, -0.05) is 6.07 Å². The molecule has 0 saturated heterocycles. The lowest BCUT2D eigenvalue weighted by Crippen LogP contribution is -2.23. The Hall–Kier alpha value is -0.790. The van der Waals surface area contributed by atoms with E-state index in [4.69, 9.17) is 14.3 Å². The zero-order chi connectivity index (χ0) is 12.4. The Morgan fingerprint density at radius 2 is 2.06 bits per heavy atom. The SMILES string of the molecule is O=P(O)(O)C(Cc1cccnc1)S(=O)(=O)O. The van der Waals surface area contributed by atoms with E-state index in [0.29, 0.717) is 5.56 Å². The third-order valence-corrected chi connectivity index (χ3v) is 5.26. The second-order valence-electron chi connectivity index (χ2n) is 3.12. The molecular formula is C7H10NO6PS. The molecule has 7 nitrogen and oxygen atoms in total. The minimum Gasteiger partial charge on any atom is -0.323 e. The van der Waals surface area contributed by atoms with E-state index in [2.05, 4.69) is 4.98 Å². The van der Waals surface area contributed by atoms with E-state index in [1.807, 2.05) is 0 Å². The van der Waals surface area contributed by atoms with E-state index < -0.39 is 29.1 Å². The van der Waals surface area contributed by atoms with Crippen molar-refractivity contribution in [2.75, 3.05) is 0 Å². The van der Waals surface area contributed by atoms with Gasteiger partial charge < -0.3 is 9.79 Å². The second-order valence-corrected chi connectivity index (χ2v) is 6.87. The standard InChI is InChI=1S/C7H10NO6PS/c9-15(10,11)7(16(12,13)14)4-6-2-1-3-8-5-6/h1-3,5,7H,4H2,(H2,9,10,11)(H,12,13,14). The maximum atomic E-state index is 10.9. The highest BCUT2D eigenvalue weighted by Crippen LogP contribution is 2.45. The lowest BCUT2D eigenvalue weighted by atomic mass is 10.2. The normalized spacial score (nSPS) is 14.7. The van der Waals surface area contributed by atoms with Crippen molar-refractivity contribution in [3.05, 3.63) is 30.1 Å². The van der Waals surface area contributed by atoms with Crippen LogP contribution in [-0.2, 0) is 21.1 Å². The second kappa shape index (κ2) is 4.60. The molecule has 90 valence electrons. The number of nitrogens with zero attached hydrogens (tertiary/aromatic N) is 1. The first kappa shape index (κ1) is 13.3. The average molecular weight is 267 g/mol. The molecule has 1 heterocycles. The summed E-state index contributed by atoms with van der Waals surface area (Å²) >= 11 is 0. The molecule has 0 bridgehead atoms. The molecule has 16 heavy (non-hydrogen) atoms. The molecule has 1 rings (SSSR count). The predicted octanol–water partition coefficient (Wildman–Crippen LogP) is 0.0157. The van der Waals surface area contributed by atoms with Crippen LogP contribution in [0.1, 0.15) is 5.56 Å². The fourth-order valence-corrected chi connectivity index (χ4v) is 3.36. The lowest BCUT2D eigenvalue weighted by molar-refractivity contribution is 0.363. The summed E-state index contributed by atoms with van der Waals surface area (Å²) in [6.45, 7) is 0. The Morgan fingerprint density at radius 1 is 1.44 bits per heavy atom. The molecule has 0 aliphatic heterocycles. The van der Waals surface area contributed by atoms with Gasteiger partial charge in [0.25, 0.3) is 10.1 Å². The van der Waals surface area contributed by atoms with Crippen molar-refractivity contribution in [2.45, 2.75) is 11.4 Å². The molecule has 3 N–H and O–H groups in total. The smallest absolute Gasteiger partial charge is 0.323 e. The fourth-order valence-electron chi connectivity index (χ4n) is 1.12. The summed E-state index contributed by atoms with van der Waals surface area (Å²) in [5, 5.41) is 0. The van der Waals surface area contributed by atoms with Gasteiger partial charge in [0.15, 0.2) is 4.99 Å². The highest BCUT2D eigenvalue weighted by Gasteiger charge is 2.39. The maximum absolute atomic E-state index is 10.9. The quantitative estimate of drug-likeness (QED) is 0.518. The molecule has 0 aliphatic rings. The van der Waals surface area contributed by atoms with Crippen molar-refractivity contribution in [3.8, 4) is 0 Å². The van der Waals surface area contributed by atoms with E-state index in [0.717, 1.165) is 0 Å².